The van der Waals surface area contributed by atoms with Crippen molar-refractivity contribution in [3.8, 4) is 0 Å². The lowest BCUT2D eigenvalue weighted by Crippen LogP contribution is -2.40. The lowest BCUT2D eigenvalue weighted by atomic mass is 10.1. The van der Waals surface area contributed by atoms with Crippen LogP contribution in [0.5, 0.6) is 0 Å². The first-order chi connectivity index (χ1) is 14.6. The van der Waals surface area contributed by atoms with E-state index in [-0.39, 0.29) is 0 Å². The maximum absolute atomic E-state index is 13.1. The minimum atomic E-state index is -3.53. The van der Waals surface area contributed by atoms with Crippen LogP contribution in [0.2, 0.25) is 0 Å². The molecule has 0 spiro atoms. The van der Waals surface area contributed by atoms with Gasteiger partial charge in [0.1, 0.15) is 18.9 Å². The fraction of sp³-hybridized carbons (Fsp3) is 0.208. The number of anilines is 1. The number of nitrogens with zero attached hydrogens (tertiary/aromatic N) is 3. The second-order valence-corrected chi connectivity index (χ2v) is 9.86. The first-order valence-electron chi connectivity index (χ1n) is 10.3. The van der Waals surface area contributed by atoms with Crippen molar-refractivity contribution in [3.05, 3.63) is 90.9 Å². The summed E-state index contributed by atoms with van der Waals surface area (Å²) < 4.78 is 26.7. The summed E-state index contributed by atoms with van der Waals surface area (Å²) >= 11 is 0. The van der Waals surface area contributed by atoms with E-state index in [1.807, 2.05) is 54.9 Å². The number of hydrogen-bond acceptors (Lipinski definition) is 4. The Morgan fingerprint density at radius 2 is 1.53 bits per heavy atom. The minimum absolute atomic E-state index is 0.320. The van der Waals surface area contributed by atoms with Crippen LogP contribution >= 0.6 is 0 Å². The first-order valence-corrected chi connectivity index (χ1v) is 11.7. The maximum Gasteiger partial charge on any atom is 0.237 e. The van der Waals surface area contributed by atoms with E-state index in [9.17, 15) is 8.42 Å². The standard InChI is InChI=1S/C24H24N3O2S/c28-30(29,23-12-8-21(9-13-23)26-15-2-3-16-26)22-10-6-20(7-11-22)19-27-17-4-1-5-24(27)25-14-18-27/h1,4-14,17-18H,2-3,15-16,19H2/q+1. The molecule has 5 rings (SSSR count). The summed E-state index contributed by atoms with van der Waals surface area (Å²) in [6.07, 6.45) is 14.3. The largest absolute Gasteiger partial charge is 0.372 e. The molecule has 0 amide bonds. The quantitative estimate of drug-likeness (QED) is 0.676. The van der Waals surface area contributed by atoms with Crippen LogP contribution in [0.25, 0.3) is 0 Å². The molecule has 30 heavy (non-hydrogen) atoms. The van der Waals surface area contributed by atoms with Crippen molar-refractivity contribution in [2.45, 2.75) is 29.2 Å². The fourth-order valence-corrected chi connectivity index (χ4v) is 5.54. The molecule has 0 saturated carbocycles. The van der Waals surface area contributed by atoms with Gasteiger partial charge in [0.2, 0.25) is 15.7 Å². The van der Waals surface area contributed by atoms with Gasteiger partial charge >= 0.3 is 0 Å². The van der Waals surface area contributed by atoms with Crippen molar-refractivity contribution >= 4 is 21.4 Å². The summed E-state index contributed by atoms with van der Waals surface area (Å²) in [5.41, 5.74) is 2.15. The Kier molecular flexibility index (Phi) is 4.68. The van der Waals surface area contributed by atoms with Gasteiger partial charge in [0, 0.05) is 30.4 Å². The third kappa shape index (κ3) is 3.32. The summed E-state index contributed by atoms with van der Waals surface area (Å²) in [7, 11) is -3.53. The van der Waals surface area contributed by atoms with Crippen LogP contribution in [0.1, 0.15) is 18.4 Å². The molecule has 2 aromatic carbocycles. The lowest BCUT2D eigenvalue weighted by molar-refractivity contribution is -0.743. The Morgan fingerprint density at radius 1 is 0.867 bits per heavy atom. The lowest BCUT2D eigenvalue weighted by Gasteiger charge is -2.28. The molecule has 1 saturated heterocycles. The Labute approximate surface area is 177 Å². The number of rotatable bonds is 5. The highest BCUT2D eigenvalue weighted by atomic mass is 32.2. The molecule has 0 aliphatic carbocycles. The van der Waals surface area contributed by atoms with E-state index in [4.69, 9.17) is 0 Å². The van der Waals surface area contributed by atoms with E-state index >= 15 is 0 Å². The van der Waals surface area contributed by atoms with Crippen molar-refractivity contribution in [1.82, 2.24) is 0 Å². The van der Waals surface area contributed by atoms with Crippen LogP contribution < -0.4 is 4.90 Å². The van der Waals surface area contributed by atoms with Gasteiger partial charge in [-0.2, -0.15) is 4.99 Å². The highest BCUT2D eigenvalue weighted by molar-refractivity contribution is 7.91. The van der Waals surface area contributed by atoms with Gasteiger partial charge in [-0.15, -0.1) is 0 Å². The molecule has 3 aliphatic heterocycles. The first kappa shape index (κ1) is 19.0. The molecule has 5 nitrogen and oxygen atoms in total. The second kappa shape index (κ2) is 7.38. The number of benzene rings is 2. The number of fused-ring (bicyclic) bond motifs is 1. The average Bonchev–Trinajstić information content (AvgIpc) is 3.44. The Balaban J connectivity index is 1.36. The van der Waals surface area contributed by atoms with Crippen LogP contribution in [0.3, 0.4) is 0 Å². The number of amidine groups is 1. The predicted molar refractivity (Wildman–Crippen MR) is 119 cm³/mol. The van der Waals surface area contributed by atoms with Crippen molar-refractivity contribution in [2.24, 2.45) is 4.99 Å². The SMILES string of the molecule is O=S(=O)(c1ccc(C[N+]23C=CC=CC2=NC=C3)cc1)c1ccc(N2CCCC2)cc1. The molecule has 0 radical (unpaired) electrons. The molecule has 3 heterocycles. The van der Waals surface area contributed by atoms with Crippen LogP contribution in [0.4, 0.5) is 5.69 Å². The Morgan fingerprint density at radius 3 is 2.23 bits per heavy atom. The molecule has 3 aliphatic rings. The molecule has 0 N–H and O–H groups in total. The van der Waals surface area contributed by atoms with Gasteiger partial charge in [-0.25, -0.2) is 12.9 Å². The van der Waals surface area contributed by atoms with Gasteiger partial charge in [-0.1, -0.05) is 12.1 Å². The summed E-state index contributed by atoms with van der Waals surface area (Å²) in [6.45, 7) is 2.78. The predicted octanol–water partition coefficient (Wildman–Crippen LogP) is 4.40. The molecular weight excluding hydrogens is 394 g/mol. The van der Waals surface area contributed by atoms with Gasteiger partial charge in [0.15, 0.2) is 0 Å². The number of aliphatic imine (C=N–C) groups is 1. The number of quaternary nitrogens is 1. The van der Waals surface area contributed by atoms with Gasteiger partial charge in [-0.05, 0) is 61.4 Å². The molecule has 152 valence electrons. The van der Waals surface area contributed by atoms with E-state index in [2.05, 4.69) is 16.1 Å². The molecule has 0 bridgehead atoms. The summed E-state index contributed by atoms with van der Waals surface area (Å²) in [4.78, 5) is 7.38. The van der Waals surface area contributed by atoms with Crippen molar-refractivity contribution in [3.63, 3.8) is 0 Å². The highest BCUT2D eigenvalue weighted by Crippen LogP contribution is 2.28. The van der Waals surface area contributed by atoms with Crippen LogP contribution in [-0.4, -0.2) is 31.8 Å². The molecule has 0 aromatic heterocycles. The number of sulfone groups is 1. The summed E-state index contributed by atoms with van der Waals surface area (Å²) in [5.74, 6) is 0.965. The molecule has 1 atom stereocenters. The van der Waals surface area contributed by atoms with Crippen molar-refractivity contribution in [1.29, 1.82) is 0 Å². The molecule has 2 aromatic rings. The molecule has 1 fully saturated rings. The van der Waals surface area contributed by atoms with E-state index in [1.165, 1.54) is 12.8 Å². The second-order valence-electron chi connectivity index (χ2n) is 7.91. The normalized spacial score (nSPS) is 22.4. The van der Waals surface area contributed by atoms with E-state index in [1.54, 1.807) is 24.3 Å². The minimum Gasteiger partial charge on any atom is -0.372 e. The fourth-order valence-electron chi connectivity index (χ4n) is 4.28. The van der Waals surface area contributed by atoms with Gasteiger partial charge in [-0.3, -0.25) is 0 Å². The zero-order valence-electron chi connectivity index (χ0n) is 16.7. The van der Waals surface area contributed by atoms with Crippen LogP contribution in [0, 0.1) is 0 Å². The third-order valence-corrected chi connectivity index (χ3v) is 7.76. The summed E-state index contributed by atoms with van der Waals surface area (Å²) in [5, 5.41) is 0. The van der Waals surface area contributed by atoms with Crippen LogP contribution in [-0.2, 0) is 16.4 Å². The van der Waals surface area contributed by atoms with Gasteiger partial charge < -0.3 is 4.90 Å². The Hall–Kier alpha value is -2.96. The zero-order valence-corrected chi connectivity index (χ0v) is 17.5. The molecular formula is C24H24N3O2S+. The number of allylic oxidation sites excluding steroid dienone is 2. The van der Waals surface area contributed by atoms with Gasteiger partial charge in [0.05, 0.1) is 16.0 Å². The highest BCUT2D eigenvalue weighted by Gasteiger charge is 2.33. The van der Waals surface area contributed by atoms with E-state index in [0.717, 1.165) is 30.2 Å². The van der Waals surface area contributed by atoms with Crippen molar-refractivity contribution in [2.75, 3.05) is 18.0 Å². The topological polar surface area (TPSA) is 49.7 Å². The Bertz CT molecular complexity index is 1170. The van der Waals surface area contributed by atoms with E-state index < -0.39 is 9.84 Å². The summed E-state index contributed by atoms with van der Waals surface area (Å²) in [6, 6.07) is 14.5. The number of hydrogen-bond donors (Lipinski definition) is 0. The van der Waals surface area contributed by atoms with Crippen LogP contribution in [0.15, 0.2) is 100 Å². The average molecular weight is 419 g/mol. The molecule has 6 heteroatoms. The smallest absolute Gasteiger partial charge is 0.237 e. The van der Waals surface area contributed by atoms with E-state index in [0.29, 0.717) is 20.8 Å². The maximum atomic E-state index is 13.1. The third-order valence-electron chi connectivity index (χ3n) is 5.97. The van der Waals surface area contributed by atoms with Gasteiger partial charge in [0.25, 0.3) is 0 Å². The zero-order chi connectivity index (χ0) is 20.6. The monoisotopic (exact) mass is 418 g/mol. The molecule has 1 unspecified atom stereocenters. The van der Waals surface area contributed by atoms with Crippen molar-refractivity contribution < 1.29 is 12.9 Å².